The zero-order valence-electron chi connectivity index (χ0n) is 5.92. The first kappa shape index (κ1) is 6.40. The molecule has 0 aromatic heterocycles. The van der Waals surface area contributed by atoms with Crippen molar-refractivity contribution in [2.24, 2.45) is 0 Å². The molecule has 1 heterocycles. The van der Waals surface area contributed by atoms with Crippen LogP contribution in [0, 0.1) is 6.42 Å². The fourth-order valence-electron chi connectivity index (χ4n) is 1.12. The van der Waals surface area contributed by atoms with Gasteiger partial charge in [0.2, 0.25) is 5.91 Å². The number of carbonyl (C=O) groups excluding carboxylic acids is 1. The van der Waals surface area contributed by atoms with Crippen molar-refractivity contribution in [2.75, 3.05) is 5.32 Å². The van der Waals surface area contributed by atoms with Gasteiger partial charge in [0, 0.05) is 18.5 Å². The zero-order valence-corrected chi connectivity index (χ0v) is 5.92. The van der Waals surface area contributed by atoms with Crippen molar-refractivity contribution in [2.45, 2.75) is 6.42 Å². The summed E-state index contributed by atoms with van der Waals surface area (Å²) in [7, 11) is 0. The maximum absolute atomic E-state index is 10.9. The topological polar surface area (TPSA) is 29.1 Å². The first-order chi connectivity index (χ1) is 5.36. The number of hydrogen-bond donors (Lipinski definition) is 1. The van der Waals surface area contributed by atoms with Crippen molar-refractivity contribution >= 4 is 11.6 Å². The van der Waals surface area contributed by atoms with E-state index < -0.39 is 0 Å². The fraction of sp³-hybridized carbons (Fsp3) is 0.111. The minimum Gasteiger partial charge on any atom is -0.326 e. The molecule has 2 radical (unpaired) electrons. The van der Waals surface area contributed by atoms with Crippen LogP contribution in [0.1, 0.15) is 12.0 Å². The Kier molecular flexibility index (Phi) is 1.39. The number of carbonyl (C=O) groups is 1. The third-order valence-corrected chi connectivity index (χ3v) is 1.64. The lowest BCUT2D eigenvalue weighted by Crippen LogP contribution is -2.17. The molecule has 1 amide bonds. The van der Waals surface area contributed by atoms with Gasteiger partial charge in [0.15, 0.2) is 0 Å². The number of amides is 1. The van der Waals surface area contributed by atoms with Crippen LogP contribution >= 0.6 is 0 Å². The molecule has 1 aromatic rings. The van der Waals surface area contributed by atoms with Crippen molar-refractivity contribution < 1.29 is 4.79 Å². The number of hydrogen-bond acceptors (Lipinski definition) is 1. The molecule has 0 saturated carbocycles. The highest BCUT2D eigenvalue weighted by Gasteiger charge is 2.13. The molecule has 2 rings (SSSR count). The lowest BCUT2D eigenvalue weighted by Gasteiger charge is -2.14. The molecule has 0 bridgehead atoms. The SMILES string of the molecule is O=C1C[C]c2ccccc2N1. The number of rotatable bonds is 0. The van der Waals surface area contributed by atoms with Gasteiger partial charge in [0.1, 0.15) is 0 Å². The standard InChI is InChI=1S/C9H7NO/c11-9-6-5-7-3-1-2-4-8(7)10-9/h1-4H,6H2,(H,10,11). The third-order valence-electron chi connectivity index (χ3n) is 1.64. The van der Waals surface area contributed by atoms with E-state index in [0.717, 1.165) is 11.3 Å². The summed E-state index contributed by atoms with van der Waals surface area (Å²) < 4.78 is 0. The van der Waals surface area contributed by atoms with Crippen LogP contribution in [0.5, 0.6) is 0 Å². The van der Waals surface area contributed by atoms with Gasteiger partial charge in [0.25, 0.3) is 0 Å². The predicted octanol–water partition coefficient (Wildman–Crippen LogP) is 1.46. The van der Waals surface area contributed by atoms with E-state index >= 15 is 0 Å². The highest BCUT2D eigenvalue weighted by molar-refractivity contribution is 5.95. The highest BCUT2D eigenvalue weighted by atomic mass is 16.1. The van der Waals surface area contributed by atoms with Crippen LogP contribution < -0.4 is 5.32 Å². The number of nitrogens with one attached hydrogen (secondary N) is 1. The van der Waals surface area contributed by atoms with Crippen LogP contribution in [0.2, 0.25) is 0 Å². The molecule has 0 spiro atoms. The predicted molar refractivity (Wildman–Crippen MR) is 42.0 cm³/mol. The van der Waals surface area contributed by atoms with Gasteiger partial charge >= 0.3 is 0 Å². The first-order valence-corrected chi connectivity index (χ1v) is 3.49. The van der Waals surface area contributed by atoms with E-state index in [2.05, 4.69) is 11.7 Å². The lowest BCUT2D eigenvalue weighted by atomic mass is 10.0. The van der Waals surface area contributed by atoms with Crippen molar-refractivity contribution in [3.05, 3.63) is 36.2 Å². The summed E-state index contributed by atoms with van der Waals surface area (Å²) in [5.41, 5.74) is 1.86. The summed E-state index contributed by atoms with van der Waals surface area (Å²) in [6.07, 6.45) is 3.37. The molecule has 1 aromatic carbocycles. The van der Waals surface area contributed by atoms with Gasteiger partial charge in [-0.2, -0.15) is 0 Å². The van der Waals surface area contributed by atoms with E-state index in [1.54, 1.807) is 0 Å². The molecular formula is C9H7NO. The first-order valence-electron chi connectivity index (χ1n) is 3.49. The lowest BCUT2D eigenvalue weighted by molar-refractivity contribution is -0.115. The van der Waals surface area contributed by atoms with E-state index in [-0.39, 0.29) is 5.91 Å². The van der Waals surface area contributed by atoms with Gasteiger partial charge in [-0.25, -0.2) is 0 Å². The molecule has 11 heavy (non-hydrogen) atoms. The number of anilines is 1. The average Bonchev–Trinajstić information content (AvgIpc) is 2.04. The normalized spacial score (nSPS) is 15.5. The Balaban J connectivity index is 2.41. The smallest absolute Gasteiger partial charge is 0.225 e. The Bertz CT molecular complexity index is 293. The molecule has 0 unspecified atom stereocenters. The third kappa shape index (κ3) is 1.11. The van der Waals surface area contributed by atoms with E-state index in [1.165, 1.54) is 0 Å². The number of fused-ring (bicyclic) bond motifs is 1. The maximum atomic E-state index is 10.9. The Hall–Kier alpha value is -1.31. The van der Waals surface area contributed by atoms with Crippen LogP contribution in [0.15, 0.2) is 24.3 Å². The van der Waals surface area contributed by atoms with Crippen LogP contribution in [0.25, 0.3) is 0 Å². The fourth-order valence-corrected chi connectivity index (χ4v) is 1.12. The van der Waals surface area contributed by atoms with Gasteiger partial charge in [0.05, 0.1) is 0 Å². The van der Waals surface area contributed by atoms with Crippen molar-refractivity contribution in [3.63, 3.8) is 0 Å². The van der Waals surface area contributed by atoms with Gasteiger partial charge in [-0.1, -0.05) is 18.2 Å². The maximum Gasteiger partial charge on any atom is 0.225 e. The molecule has 1 aliphatic heterocycles. The Labute approximate surface area is 65.2 Å². The molecule has 0 fully saturated rings. The van der Waals surface area contributed by atoms with E-state index in [9.17, 15) is 4.79 Å². The van der Waals surface area contributed by atoms with Gasteiger partial charge in [-0.3, -0.25) is 4.79 Å². The Morgan fingerprint density at radius 2 is 2.18 bits per heavy atom. The Morgan fingerprint density at radius 1 is 1.36 bits per heavy atom. The molecular weight excluding hydrogens is 138 g/mol. The van der Waals surface area contributed by atoms with Gasteiger partial charge < -0.3 is 5.32 Å². The van der Waals surface area contributed by atoms with Crippen molar-refractivity contribution in [1.82, 2.24) is 0 Å². The summed E-state index contributed by atoms with van der Waals surface area (Å²) in [6, 6.07) is 7.64. The van der Waals surface area contributed by atoms with Gasteiger partial charge in [-0.15, -0.1) is 0 Å². The number of benzene rings is 1. The molecule has 2 heteroatoms. The van der Waals surface area contributed by atoms with E-state index in [4.69, 9.17) is 0 Å². The Morgan fingerprint density at radius 3 is 3.09 bits per heavy atom. The molecule has 0 aliphatic carbocycles. The highest BCUT2D eigenvalue weighted by Crippen LogP contribution is 2.22. The summed E-state index contributed by atoms with van der Waals surface area (Å²) in [5, 5.41) is 2.76. The second-order valence-corrected chi connectivity index (χ2v) is 2.45. The molecule has 1 N–H and O–H groups in total. The largest absolute Gasteiger partial charge is 0.326 e. The minimum absolute atomic E-state index is 0.0173. The quantitative estimate of drug-likeness (QED) is 0.588. The number of para-hydroxylation sites is 1. The molecule has 0 atom stereocenters. The molecule has 0 saturated heterocycles. The van der Waals surface area contributed by atoms with Gasteiger partial charge in [-0.05, 0) is 11.6 Å². The summed E-state index contributed by atoms with van der Waals surface area (Å²) in [5.74, 6) is 0.0173. The van der Waals surface area contributed by atoms with Crippen LogP contribution in [-0.2, 0) is 4.79 Å². The molecule has 54 valence electrons. The summed E-state index contributed by atoms with van der Waals surface area (Å²) in [6.45, 7) is 0. The average molecular weight is 145 g/mol. The summed E-state index contributed by atoms with van der Waals surface area (Å²) >= 11 is 0. The monoisotopic (exact) mass is 145 g/mol. The van der Waals surface area contributed by atoms with Crippen LogP contribution in [0.4, 0.5) is 5.69 Å². The van der Waals surface area contributed by atoms with Crippen LogP contribution in [0.3, 0.4) is 0 Å². The second kappa shape index (κ2) is 2.38. The van der Waals surface area contributed by atoms with E-state index in [0.29, 0.717) is 6.42 Å². The van der Waals surface area contributed by atoms with Crippen molar-refractivity contribution in [1.29, 1.82) is 0 Å². The van der Waals surface area contributed by atoms with Crippen LogP contribution in [-0.4, -0.2) is 5.91 Å². The minimum atomic E-state index is 0.0173. The molecule has 2 nitrogen and oxygen atoms in total. The summed E-state index contributed by atoms with van der Waals surface area (Å²) in [4.78, 5) is 10.9. The second-order valence-electron chi connectivity index (χ2n) is 2.45. The molecule has 1 aliphatic rings. The van der Waals surface area contributed by atoms with E-state index in [1.807, 2.05) is 24.3 Å². The van der Waals surface area contributed by atoms with Crippen molar-refractivity contribution in [3.8, 4) is 0 Å². The zero-order chi connectivity index (χ0) is 7.68.